The van der Waals surface area contributed by atoms with Crippen molar-refractivity contribution in [3.63, 3.8) is 0 Å². The van der Waals surface area contributed by atoms with Gasteiger partial charge in [-0.25, -0.2) is 10.9 Å². The molecule has 0 radical (unpaired) electrons. The van der Waals surface area contributed by atoms with E-state index in [-0.39, 0.29) is 11.6 Å². The fourth-order valence-corrected chi connectivity index (χ4v) is 1.62. The van der Waals surface area contributed by atoms with Gasteiger partial charge in [0, 0.05) is 0 Å². The Morgan fingerprint density at radius 2 is 2.30 bits per heavy atom. The molecule has 1 spiro atoms. The van der Waals surface area contributed by atoms with Crippen LogP contribution < -0.4 is 10.9 Å². The molecule has 1 saturated carbocycles. The molecule has 0 aromatic carbocycles. The normalized spacial score (nSPS) is 34.6. The fourth-order valence-electron chi connectivity index (χ4n) is 1.62. The van der Waals surface area contributed by atoms with Gasteiger partial charge in [-0.15, -0.1) is 0 Å². The molecule has 3 N–H and O–H groups in total. The number of carboxylic acid groups (broad SMARTS) is 1. The van der Waals surface area contributed by atoms with Crippen LogP contribution in [0.2, 0.25) is 0 Å². The van der Waals surface area contributed by atoms with Crippen molar-refractivity contribution in [2.75, 3.05) is 0 Å². The van der Waals surface area contributed by atoms with Gasteiger partial charge in [-0.05, 0) is 19.3 Å². The van der Waals surface area contributed by atoms with E-state index in [2.05, 4.69) is 10.9 Å². The Labute approximate surface area is 58.6 Å². The summed E-state index contributed by atoms with van der Waals surface area (Å²) >= 11 is 0. The second kappa shape index (κ2) is 1.71. The average Bonchev–Trinajstić information content (AvgIpc) is 1.53. The highest BCUT2D eigenvalue weighted by atomic mass is 16.4. The Balaban J connectivity index is 2.05. The van der Waals surface area contributed by atoms with Crippen LogP contribution in [0.4, 0.5) is 0 Å². The Kier molecular flexibility index (Phi) is 1.04. The summed E-state index contributed by atoms with van der Waals surface area (Å²) in [6, 6.07) is -0.346. The van der Waals surface area contributed by atoms with Crippen LogP contribution in [0.25, 0.3) is 0 Å². The largest absolute Gasteiger partial charge is 0.480 e. The highest BCUT2D eigenvalue weighted by Gasteiger charge is 2.54. The van der Waals surface area contributed by atoms with Gasteiger partial charge in [-0.2, -0.15) is 0 Å². The quantitative estimate of drug-likeness (QED) is 0.460. The Morgan fingerprint density at radius 3 is 2.40 bits per heavy atom. The number of hydrogen-bond donors (Lipinski definition) is 3. The summed E-state index contributed by atoms with van der Waals surface area (Å²) in [5.41, 5.74) is 5.57. The molecule has 1 heterocycles. The molecular formula is C6H10N2O2. The molecule has 1 aliphatic carbocycles. The number of nitrogens with one attached hydrogen (secondary N) is 2. The van der Waals surface area contributed by atoms with Crippen LogP contribution in [-0.4, -0.2) is 22.7 Å². The van der Waals surface area contributed by atoms with Gasteiger partial charge >= 0.3 is 5.97 Å². The third-order valence-corrected chi connectivity index (χ3v) is 2.51. The number of aliphatic carboxylic acids is 1. The molecule has 1 saturated heterocycles. The van der Waals surface area contributed by atoms with Crippen LogP contribution in [0.1, 0.15) is 19.3 Å². The van der Waals surface area contributed by atoms with Crippen LogP contribution in [-0.2, 0) is 4.79 Å². The monoisotopic (exact) mass is 142 g/mol. The SMILES string of the molecule is O=C(O)C1NNC12CCC2. The van der Waals surface area contributed by atoms with E-state index in [1.807, 2.05) is 0 Å². The lowest BCUT2D eigenvalue weighted by Crippen LogP contribution is -2.81. The van der Waals surface area contributed by atoms with E-state index in [1.165, 1.54) is 0 Å². The first-order chi connectivity index (χ1) is 4.75. The number of rotatable bonds is 1. The molecule has 4 nitrogen and oxygen atoms in total. The van der Waals surface area contributed by atoms with E-state index in [0.717, 1.165) is 19.3 Å². The minimum atomic E-state index is -0.738. The predicted octanol–water partition coefficient (Wildman–Crippen LogP) is -0.530. The zero-order valence-corrected chi connectivity index (χ0v) is 5.55. The smallest absolute Gasteiger partial charge is 0.324 e. The molecule has 0 aromatic heterocycles. The van der Waals surface area contributed by atoms with Gasteiger partial charge in [0.15, 0.2) is 0 Å². The van der Waals surface area contributed by atoms with E-state index in [0.29, 0.717) is 0 Å². The van der Waals surface area contributed by atoms with E-state index in [1.54, 1.807) is 0 Å². The standard InChI is InChI=1S/C6H10N2O2/c9-5(10)4-6(8-7-4)2-1-3-6/h4,7-8H,1-3H2,(H,9,10). The van der Waals surface area contributed by atoms with Crippen molar-refractivity contribution in [3.05, 3.63) is 0 Å². The van der Waals surface area contributed by atoms with Crippen molar-refractivity contribution in [1.29, 1.82) is 0 Å². The molecule has 1 aliphatic heterocycles. The third kappa shape index (κ3) is 0.552. The van der Waals surface area contributed by atoms with Crippen molar-refractivity contribution in [2.45, 2.75) is 30.8 Å². The summed E-state index contributed by atoms with van der Waals surface area (Å²) in [5, 5.41) is 8.63. The van der Waals surface area contributed by atoms with Crippen molar-refractivity contribution in [2.24, 2.45) is 0 Å². The number of hydrogen-bond acceptors (Lipinski definition) is 3. The maximum Gasteiger partial charge on any atom is 0.324 e. The molecule has 1 unspecified atom stereocenters. The molecule has 2 fully saturated rings. The lowest BCUT2D eigenvalue weighted by Gasteiger charge is -2.54. The van der Waals surface area contributed by atoms with Crippen LogP contribution in [0.3, 0.4) is 0 Å². The molecule has 56 valence electrons. The minimum Gasteiger partial charge on any atom is -0.480 e. The van der Waals surface area contributed by atoms with E-state index >= 15 is 0 Å². The number of hydrazine groups is 1. The van der Waals surface area contributed by atoms with E-state index in [4.69, 9.17) is 5.11 Å². The third-order valence-electron chi connectivity index (χ3n) is 2.51. The minimum absolute atomic E-state index is 0.0775. The molecule has 10 heavy (non-hydrogen) atoms. The summed E-state index contributed by atoms with van der Waals surface area (Å²) in [6.45, 7) is 0. The first kappa shape index (κ1) is 6.12. The van der Waals surface area contributed by atoms with Gasteiger partial charge in [0.05, 0.1) is 5.54 Å². The summed E-state index contributed by atoms with van der Waals surface area (Å²) in [7, 11) is 0. The van der Waals surface area contributed by atoms with Crippen molar-refractivity contribution < 1.29 is 9.90 Å². The first-order valence-corrected chi connectivity index (χ1v) is 3.50. The summed E-state index contributed by atoms with van der Waals surface area (Å²) in [5.74, 6) is -0.738. The van der Waals surface area contributed by atoms with Gasteiger partial charge in [0.1, 0.15) is 6.04 Å². The second-order valence-corrected chi connectivity index (χ2v) is 3.05. The average molecular weight is 142 g/mol. The predicted molar refractivity (Wildman–Crippen MR) is 34.3 cm³/mol. The molecule has 2 rings (SSSR count). The summed E-state index contributed by atoms with van der Waals surface area (Å²) < 4.78 is 0. The van der Waals surface area contributed by atoms with E-state index in [9.17, 15) is 4.79 Å². The van der Waals surface area contributed by atoms with Gasteiger partial charge in [0.25, 0.3) is 0 Å². The second-order valence-electron chi connectivity index (χ2n) is 3.05. The van der Waals surface area contributed by atoms with Crippen molar-refractivity contribution >= 4 is 5.97 Å². The Morgan fingerprint density at radius 1 is 1.60 bits per heavy atom. The Bertz CT molecular complexity index is 171. The zero-order valence-electron chi connectivity index (χ0n) is 5.55. The lowest BCUT2D eigenvalue weighted by molar-refractivity contribution is -0.151. The molecule has 0 amide bonds. The van der Waals surface area contributed by atoms with Gasteiger partial charge < -0.3 is 5.11 Å². The summed E-state index contributed by atoms with van der Waals surface area (Å²) in [6.07, 6.45) is 3.15. The van der Waals surface area contributed by atoms with Crippen molar-refractivity contribution in [1.82, 2.24) is 10.9 Å². The maximum atomic E-state index is 10.5. The number of carbonyl (C=O) groups is 1. The number of carboxylic acids is 1. The highest BCUT2D eigenvalue weighted by Crippen LogP contribution is 2.38. The molecule has 4 heteroatoms. The van der Waals surface area contributed by atoms with Gasteiger partial charge in [-0.3, -0.25) is 4.79 Å². The van der Waals surface area contributed by atoms with Crippen LogP contribution in [0.15, 0.2) is 0 Å². The molecule has 0 aromatic rings. The van der Waals surface area contributed by atoms with Gasteiger partial charge in [-0.1, -0.05) is 0 Å². The highest BCUT2D eigenvalue weighted by molar-refractivity contribution is 5.77. The van der Waals surface area contributed by atoms with Crippen LogP contribution >= 0.6 is 0 Å². The Hall–Kier alpha value is -0.610. The van der Waals surface area contributed by atoms with Gasteiger partial charge in [0.2, 0.25) is 0 Å². The van der Waals surface area contributed by atoms with Crippen molar-refractivity contribution in [3.8, 4) is 0 Å². The fraction of sp³-hybridized carbons (Fsp3) is 0.833. The topological polar surface area (TPSA) is 61.4 Å². The zero-order chi connectivity index (χ0) is 7.19. The molecule has 2 aliphatic rings. The van der Waals surface area contributed by atoms with Crippen LogP contribution in [0.5, 0.6) is 0 Å². The molecular weight excluding hydrogens is 132 g/mol. The maximum absolute atomic E-state index is 10.5. The molecule has 0 bridgehead atoms. The lowest BCUT2D eigenvalue weighted by atomic mass is 9.69. The molecule has 1 atom stereocenters. The summed E-state index contributed by atoms with van der Waals surface area (Å²) in [4.78, 5) is 10.5. The first-order valence-electron chi connectivity index (χ1n) is 3.50. The van der Waals surface area contributed by atoms with E-state index < -0.39 is 5.97 Å². The van der Waals surface area contributed by atoms with Crippen LogP contribution in [0, 0.1) is 0 Å².